The quantitative estimate of drug-likeness (QED) is 0.221. The Labute approximate surface area is 118 Å². The minimum atomic E-state index is -0.549. The van der Waals surface area contributed by atoms with Crippen LogP contribution in [0.25, 0.3) is 0 Å². The minimum Gasteiger partial charge on any atom is -0.403 e. The van der Waals surface area contributed by atoms with Gasteiger partial charge >= 0.3 is 0 Å². The van der Waals surface area contributed by atoms with Gasteiger partial charge in [-0.05, 0) is 17.7 Å². The number of thiol groups is 1. The topological polar surface area (TPSA) is 101 Å². The summed E-state index contributed by atoms with van der Waals surface area (Å²) < 4.78 is 0. The van der Waals surface area contributed by atoms with Gasteiger partial charge in [0.05, 0.1) is 12.5 Å². The second-order valence-corrected chi connectivity index (χ2v) is 4.53. The van der Waals surface area contributed by atoms with Crippen LogP contribution in [0.15, 0.2) is 36.2 Å². The van der Waals surface area contributed by atoms with Crippen LogP contribution in [0.4, 0.5) is 0 Å². The number of Topliss-reactive ketones (excluding diaryl/α,β-unsaturated/α-hetero) is 1. The van der Waals surface area contributed by atoms with Gasteiger partial charge in [0.2, 0.25) is 0 Å². The van der Waals surface area contributed by atoms with Crippen LogP contribution in [0.2, 0.25) is 0 Å². The van der Waals surface area contributed by atoms with Crippen molar-refractivity contribution >= 4 is 18.4 Å². The summed E-state index contributed by atoms with van der Waals surface area (Å²) in [6, 6.07) is 6.85. The zero-order valence-electron chi connectivity index (χ0n) is 10.5. The molecule has 0 aliphatic carbocycles. The normalized spacial score (nSPS) is 13.1. The first-order valence-corrected chi connectivity index (χ1v) is 6.55. The zero-order valence-corrected chi connectivity index (χ0v) is 11.4. The van der Waals surface area contributed by atoms with E-state index in [0.29, 0.717) is 23.4 Å². The van der Waals surface area contributed by atoms with Crippen LogP contribution in [-0.4, -0.2) is 16.6 Å². The van der Waals surface area contributed by atoms with Gasteiger partial charge in [-0.1, -0.05) is 24.3 Å². The molecule has 1 unspecified atom stereocenters. The number of ketones is 1. The van der Waals surface area contributed by atoms with Crippen molar-refractivity contribution in [2.75, 3.05) is 5.75 Å². The van der Waals surface area contributed by atoms with Crippen LogP contribution in [-0.2, 0) is 0 Å². The van der Waals surface area contributed by atoms with E-state index in [1.54, 1.807) is 24.3 Å². The number of carbonyl (C=O) groups is 1. The Kier molecular flexibility index (Phi) is 6.41. The SMILES string of the molecule is N/C=C(/CC(=O)c1ccc(C(O)CCS)cc1)NN. The van der Waals surface area contributed by atoms with E-state index in [-0.39, 0.29) is 12.2 Å². The number of hydrogen-bond donors (Lipinski definition) is 5. The molecule has 19 heavy (non-hydrogen) atoms. The Morgan fingerprint density at radius 1 is 1.42 bits per heavy atom. The van der Waals surface area contributed by atoms with Crippen molar-refractivity contribution < 1.29 is 9.90 Å². The van der Waals surface area contributed by atoms with Crippen molar-refractivity contribution in [1.82, 2.24) is 5.43 Å². The third-order valence-electron chi connectivity index (χ3n) is 2.76. The smallest absolute Gasteiger partial charge is 0.168 e. The maximum Gasteiger partial charge on any atom is 0.168 e. The number of hydrogen-bond acceptors (Lipinski definition) is 6. The Morgan fingerprint density at radius 2 is 2.05 bits per heavy atom. The minimum absolute atomic E-state index is 0.0927. The van der Waals surface area contributed by atoms with Gasteiger partial charge in [0.15, 0.2) is 5.78 Å². The number of rotatable bonds is 7. The van der Waals surface area contributed by atoms with E-state index in [1.165, 1.54) is 6.20 Å². The number of aliphatic hydroxyl groups excluding tert-OH is 1. The Hall–Kier alpha value is -1.50. The number of hydrazine groups is 1. The molecule has 0 radical (unpaired) electrons. The summed E-state index contributed by atoms with van der Waals surface area (Å²) in [6.07, 6.45) is 1.41. The molecule has 0 heterocycles. The number of carbonyl (C=O) groups excluding carboxylic acids is 1. The standard InChI is InChI=1S/C13H19N3O2S/c14-8-11(16-15)7-13(18)10-3-1-9(2-4-10)12(17)5-6-19/h1-4,8,12,16-17,19H,5-7,14-15H2/b11-8-. The Morgan fingerprint density at radius 3 is 2.53 bits per heavy atom. The van der Waals surface area contributed by atoms with Crippen LogP contribution in [0.5, 0.6) is 0 Å². The monoisotopic (exact) mass is 281 g/mol. The van der Waals surface area contributed by atoms with Crippen molar-refractivity contribution in [3.63, 3.8) is 0 Å². The Balaban J connectivity index is 2.73. The van der Waals surface area contributed by atoms with E-state index in [4.69, 9.17) is 11.6 Å². The lowest BCUT2D eigenvalue weighted by atomic mass is 10.0. The van der Waals surface area contributed by atoms with Gasteiger partial charge in [-0.3, -0.25) is 10.6 Å². The summed E-state index contributed by atoms with van der Waals surface area (Å²) in [6.45, 7) is 0. The predicted molar refractivity (Wildman–Crippen MR) is 78.4 cm³/mol. The molecule has 0 saturated carbocycles. The lowest BCUT2D eigenvalue weighted by Crippen LogP contribution is -2.24. The fourth-order valence-electron chi connectivity index (χ4n) is 1.61. The molecule has 5 nitrogen and oxygen atoms in total. The molecule has 0 aliphatic rings. The van der Waals surface area contributed by atoms with E-state index < -0.39 is 6.10 Å². The molecule has 1 rings (SSSR count). The highest BCUT2D eigenvalue weighted by molar-refractivity contribution is 7.80. The molecule has 1 aromatic carbocycles. The van der Waals surface area contributed by atoms with Gasteiger partial charge in [-0.15, -0.1) is 0 Å². The molecule has 1 atom stereocenters. The van der Waals surface area contributed by atoms with E-state index in [9.17, 15) is 9.90 Å². The number of allylic oxidation sites excluding steroid dienone is 1. The van der Waals surface area contributed by atoms with Crippen molar-refractivity contribution in [2.45, 2.75) is 18.9 Å². The van der Waals surface area contributed by atoms with Crippen LogP contribution in [0.1, 0.15) is 34.9 Å². The van der Waals surface area contributed by atoms with Crippen LogP contribution in [0.3, 0.4) is 0 Å². The molecule has 0 aliphatic heterocycles. The Bertz CT molecular complexity index is 446. The first-order chi connectivity index (χ1) is 9.12. The van der Waals surface area contributed by atoms with Crippen molar-refractivity contribution in [1.29, 1.82) is 0 Å². The largest absolute Gasteiger partial charge is 0.403 e. The first-order valence-electron chi connectivity index (χ1n) is 5.91. The van der Waals surface area contributed by atoms with Crippen molar-refractivity contribution in [3.05, 3.63) is 47.3 Å². The maximum atomic E-state index is 11.9. The number of nitrogens with one attached hydrogen (secondary N) is 1. The number of nitrogens with two attached hydrogens (primary N) is 2. The molecule has 6 heteroatoms. The first kappa shape index (κ1) is 15.6. The highest BCUT2D eigenvalue weighted by Gasteiger charge is 2.10. The molecule has 0 aromatic heterocycles. The number of benzene rings is 1. The average molecular weight is 281 g/mol. The zero-order chi connectivity index (χ0) is 14.3. The van der Waals surface area contributed by atoms with Gasteiger partial charge < -0.3 is 16.3 Å². The maximum absolute atomic E-state index is 11.9. The summed E-state index contributed by atoms with van der Waals surface area (Å²) in [5.74, 6) is 5.73. The molecular weight excluding hydrogens is 262 g/mol. The molecule has 0 spiro atoms. The van der Waals surface area contributed by atoms with Gasteiger partial charge in [-0.25, -0.2) is 0 Å². The highest BCUT2D eigenvalue weighted by Crippen LogP contribution is 2.18. The molecule has 6 N–H and O–H groups in total. The fraction of sp³-hybridized carbons (Fsp3) is 0.308. The molecule has 1 aromatic rings. The molecule has 0 bridgehead atoms. The van der Waals surface area contributed by atoms with Crippen LogP contribution in [0, 0.1) is 0 Å². The summed E-state index contributed by atoms with van der Waals surface area (Å²) >= 11 is 4.07. The van der Waals surface area contributed by atoms with Gasteiger partial charge in [0.1, 0.15) is 0 Å². The van der Waals surface area contributed by atoms with Gasteiger partial charge in [0, 0.05) is 17.5 Å². The second-order valence-electron chi connectivity index (χ2n) is 4.09. The van der Waals surface area contributed by atoms with Gasteiger partial charge in [-0.2, -0.15) is 12.6 Å². The van der Waals surface area contributed by atoms with E-state index in [0.717, 1.165) is 5.56 Å². The van der Waals surface area contributed by atoms with Crippen LogP contribution >= 0.6 is 12.6 Å². The summed E-state index contributed by atoms with van der Waals surface area (Å²) in [4.78, 5) is 11.9. The van der Waals surface area contributed by atoms with Gasteiger partial charge in [0.25, 0.3) is 0 Å². The second kappa shape index (κ2) is 7.83. The van der Waals surface area contributed by atoms with Crippen molar-refractivity contribution in [3.8, 4) is 0 Å². The summed E-state index contributed by atoms with van der Waals surface area (Å²) in [7, 11) is 0. The number of aliphatic hydroxyl groups is 1. The van der Waals surface area contributed by atoms with Crippen molar-refractivity contribution in [2.24, 2.45) is 11.6 Å². The van der Waals surface area contributed by atoms with E-state index in [1.807, 2.05) is 0 Å². The predicted octanol–water partition coefficient (Wildman–Crippen LogP) is 0.876. The average Bonchev–Trinajstić information content (AvgIpc) is 2.45. The fourth-order valence-corrected chi connectivity index (χ4v) is 1.86. The highest BCUT2D eigenvalue weighted by atomic mass is 32.1. The lowest BCUT2D eigenvalue weighted by Gasteiger charge is -2.10. The third-order valence-corrected chi connectivity index (χ3v) is 3.02. The molecule has 0 amide bonds. The van der Waals surface area contributed by atoms with E-state index >= 15 is 0 Å². The summed E-state index contributed by atoms with van der Waals surface area (Å²) in [5, 5.41) is 9.79. The molecular formula is C13H19N3O2S. The summed E-state index contributed by atoms with van der Waals surface area (Å²) in [5.41, 5.74) is 9.46. The van der Waals surface area contributed by atoms with Crippen LogP contribution < -0.4 is 17.0 Å². The molecule has 104 valence electrons. The molecule has 0 fully saturated rings. The van der Waals surface area contributed by atoms with E-state index in [2.05, 4.69) is 18.1 Å². The lowest BCUT2D eigenvalue weighted by molar-refractivity contribution is 0.0990. The third kappa shape index (κ3) is 4.59. The molecule has 0 saturated heterocycles.